The van der Waals surface area contributed by atoms with Gasteiger partial charge < -0.3 is 30.9 Å². The first kappa shape index (κ1) is 27.1. The Hall–Kier alpha value is -4.04. The Morgan fingerprint density at radius 2 is 1.73 bits per heavy atom. The first-order chi connectivity index (χ1) is 19.9. The molecule has 3 aromatic rings. The Morgan fingerprint density at radius 1 is 0.976 bits per heavy atom. The molecule has 3 aliphatic rings. The fourth-order valence-electron chi connectivity index (χ4n) is 5.61. The van der Waals surface area contributed by atoms with Gasteiger partial charge in [0.15, 0.2) is 0 Å². The van der Waals surface area contributed by atoms with Gasteiger partial charge >= 0.3 is 6.09 Å². The molecule has 0 bridgehead atoms. The van der Waals surface area contributed by atoms with Gasteiger partial charge in [-0.1, -0.05) is 36.4 Å². The summed E-state index contributed by atoms with van der Waals surface area (Å²) in [6.07, 6.45) is 3.70. The largest absolute Gasteiger partial charge is 0.445 e. The van der Waals surface area contributed by atoms with Crippen LogP contribution in [0.3, 0.4) is 0 Å². The van der Waals surface area contributed by atoms with Crippen molar-refractivity contribution in [2.45, 2.75) is 50.8 Å². The van der Waals surface area contributed by atoms with E-state index in [-0.39, 0.29) is 24.6 Å². The van der Waals surface area contributed by atoms with Crippen molar-refractivity contribution < 1.29 is 14.3 Å². The molecule has 8 heteroatoms. The summed E-state index contributed by atoms with van der Waals surface area (Å²) in [5.74, 6) is 1.32. The van der Waals surface area contributed by atoms with Gasteiger partial charge in [-0.2, -0.15) is 0 Å². The van der Waals surface area contributed by atoms with Crippen molar-refractivity contribution in [2.24, 2.45) is 5.92 Å². The van der Waals surface area contributed by atoms with Crippen LogP contribution < -0.4 is 21.3 Å². The Labute approximate surface area is 241 Å². The number of carbonyl (C=O) groups excluding carboxylic acids is 2. The number of hydrogen-bond acceptors (Lipinski definition) is 6. The zero-order valence-electron chi connectivity index (χ0n) is 23.6. The lowest BCUT2D eigenvalue weighted by atomic mass is 10.1. The van der Waals surface area contributed by atoms with Crippen molar-refractivity contribution in [1.29, 1.82) is 0 Å². The van der Waals surface area contributed by atoms with Crippen molar-refractivity contribution in [3.8, 4) is 0 Å². The second-order valence-corrected chi connectivity index (χ2v) is 11.7. The lowest BCUT2D eigenvalue weighted by Crippen LogP contribution is -2.54. The van der Waals surface area contributed by atoms with Crippen LogP contribution >= 0.6 is 0 Å². The molecule has 8 nitrogen and oxygen atoms in total. The number of nitrogen functional groups attached to an aromatic ring is 1. The van der Waals surface area contributed by atoms with Crippen LogP contribution in [0.1, 0.15) is 53.6 Å². The number of anilines is 3. The molecule has 3 aromatic carbocycles. The number of nitrogens with one attached hydrogen (secondary N) is 2. The average Bonchev–Trinajstić information content (AvgIpc) is 3.92. The van der Waals surface area contributed by atoms with E-state index in [1.165, 1.54) is 31.4 Å². The number of nitrogens with zero attached hydrogens (tertiary/aromatic N) is 2. The molecule has 2 amide bonds. The highest BCUT2D eigenvalue weighted by atomic mass is 16.6. The molecule has 3 unspecified atom stereocenters. The van der Waals surface area contributed by atoms with Gasteiger partial charge in [0.05, 0.1) is 11.4 Å². The topological polar surface area (TPSA) is 99.9 Å². The molecule has 0 spiro atoms. The van der Waals surface area contributed by atoms with Crippen molar-refractivity contribution in [3.05, 3.63) is 89.5 Å². The monoisotopic (exact) mass is 553 g/mol. The number of benzene rings is 3. The number of piperazine rings is 1. The summed E-state index contributed by atoms with van der Waals surface area (Å²) in [5.41, 5.74) is 11.0. The second-order valence-electron chi connectivity index (χ2n) is 11.7. The molecule has 2 saturated carbocycles. The van der Waals surface area contributed by atoms with Crippen molar-refractivity contribution in [2.75, 3.05) is 42.1 Å². The smallest absolute Gasteiger partial charge is 0.410 e. The molecule has 4 N–H and O–H groups in total. The quantitative estimate of drug-likeness (QED) is 0.314. The Morgan fingerprint density at radius 3 is 2.44 bits per heavy atom. The minimum absolute atomic E-state index is 0.00223. The van der Waals surface area contributed by atoms with Gasteiger partial charge in [0.1, 0.15) is 6.61 Å². The first-order valence-corrected chi connectivity index (χ1v) is 14.7. The predicted molar refractivity (Wildman–Crippen MR) is 162 cm³/mol. The summed E-state index contributed by atoms with van der Waals surface area (Å²) in [6, 6.07) is 23.9. The summed E-state index contributed by atoms with van der Waals surface area (Å²) >= 11 is 0. The van der Waals surface area contributed by atoms with E-state index in [4.69, 9.17) is 10.5 Å². The average molecular weight is 554 g/mol. The summed E-state index contributed by atoms with van der Waals surface area (Å²) < 4.78 is 5.69. The maximum Gasteiger partial charge on any atom is 0.410 e. The molecule has 1 heterocycles. The van der Waals surface area contributed by atoms with Gasteiger partial charge in [-0.15, -0.1) is 0 Å². The van der Waals surface area contributed by atoms with Crippen molar-refractivity contribution in [3.63, 3.8) is 0 Å². The molecular weight excluding hydrogens is 514 g/mol. The molecular formula is C33H39N5O3. The molecule has 41 heavy (non-hydrogen) atoms. The van der Waals surface area contributed by atoms with E-state index in [1.54, 1.807) is 17.0 Å². The number of hydrogen-bond donors (Lipinski definition) is 3. The number of carbonyl (C=O) groups is 2. The van der Waals surface area contributed by atoms with Crippen LogP contribution in [0.4, 0.5) is 21.9 Å². The summed E-state index contributed by atoms with van der Waals surface area (Å²) in [5, 5.41) is 6.55. The molecule has 214 valence electrons. The highest BCUT2D eigenvalue weighted by Gasteiger charge is 2.39. The van der Waals surface area contributed by atoms with Crippen LogP contribution in [-0.2, 0) is 11.3 Å². The molecule has 1 aliphatic heterocycles. The van der Waals surface area contributed by atoms with Crippen LogP contribution in [0.15, 0.2) is 72.8 Å². The third-order valence-corrected chi connectivity index (χ3v) is 8.49. The van der Waals surface area contributed by atoms with E-state index < -0.39 is 0 Å². The van der Waals surface area contributed by atoms with Crippen LogP contribution in [-0.4, -0.2) is 55.2 Å². The van der Waals surface area contributed by atoms with Crippen LogP contribution in [0.2, 0.25) is 0 Å². The molecule has 0 radical (unpaired) electrons. The van der Waals surface area contributed by atoms with E-state index in [2.05, 4.69) is 39.8 Å². The van der Waals surface area contributed by atoms with Crippen molar-refractivity contribution in [1.82, 2.24) is 10.2 Å². The molecule has 1 saturated heterocycles. The number of rotatable bonds is 9. The van der Waals surface area contributed by atoms with E-state index in [0.717, 1.165) is 17.2 Å². The van der Waals surface area contributed by atoms with E-state index >= 15 is 0 Å². The fraction of sp³-hybridized carbons (Fsp3) is 0.394. The van der Waals surface area contributed by atoms with Crippen LogP contribution in [0, 0.1) is 5.92 Å². The zero-order valence-corrected chi connectivity index (χ0v) is 23.6. The maximum absolute atomic E-state index is 12.9. The summed E-state index contributed by atoms with van der Waals surface area (Å²) in [6.45, 7) is 5.43. The van der Waals surface area contributed by atoms with Gasteiger partial charge in [-0.3, -0.25) is 4.79 Å². The third-order valence-electron chi connectivity index (χ3n) is 8.49. The minimum Gasteiger partial charge on any atom is -0.445 e. The molecule has 3 atom stereocenters. The van der Waals surface area contributed by atoms with E-state index in [9.17, 15) is 9.59 Å². The Kier molecular flexibility index (Phi) is 7.83. The minimum atomic E-state index is -0.278. The number of nitrogens with two attached hydrogens (primary N) is 1. The SMILES string of the molecule is CC1CN(c2ccc(C(=O)Nc3ccccc3N)cc2)CCN1C(=O)OCc1ccc(C2CC2NCC2CC2)cc1. The molecule has 3 fully saturated rings. The van der Waals surface area contributed by atoms with Gasteiger partial charge in [-0.25, -0.2) is 4.79 Å². The van der Waals surface area contributed by atoms with Crippen molar-refractivity contribution >= 4 is 29.1 Å². The van der Waals surface area contributed by atoms with Gasteiger partial charge in [0, 0.05) is 48.9 Å². The van der Waals surface area contributed by atoms with Crippen LogP contribution in [0.25, 0.3) is 0 Å². The number of amides is 2. The highest BCUT2D eigenvalue weighted by Crippen LogP contribution is 2.41. The van der Waals surface area contributed by atoms with Gasteiger partial charge in [0.2, 0.25) is 0 Å². The molecule has 0 aromatic heterocycles. The Balaban J connectivity index is 0.954. The second kappa shape index (κ2) is 11.8. The number of ether oxygens (including phenoxy) is 1. The zero-order chi connectivity index (χ0) is 28.3. The van der Waals surface area contributed by atoms with Crippen LogP contribution in [0.5, 0.6) is 0 Å². The highest BCUT2D eigenvalue weighted by molar-refractivity contribution is 6.05. The fourth-order valence-corrected chi connectivity index (χ4v) is 5.61. The Bertz CT molecular complexity index is 1370. The third kappa shape index (κ3) is 6.65. The normalized spacial score (nSPS) is 21.8. The maximum atomic E-state index is 12.9. The van der Waals surface area contributed by atoms with Gasteiger partial charge in [-0.05, 0) is 86.2 Å². The lowest BCUT2D eigenvalue weighted by Gasteiger charge is -2.40. The molecule has 2 aliphatic carbocycles. The standard InChI is InChI=1S/C33H39N5O3/c1-22-20-37(27-14-12-26(13-15-27)32(39)36-30-5-3-2-4-29(30)34)16-17-38(22)33(40)41-21-24-8-10-25(11-9-24)28-18-31(28)35-19-23-6-7-23/h2-5,8-15,22-23,28,31,35H,6-7,16-21,34H2,1H3,(H,36,39). The van der Waals surface area contributed by atoms with E-state index in [1.807, 2.05) is 43.3 Å². The lowest BCUT2D eigenvalue weighted by molar-refractivity contribution is 0.0794. The molecule has 6 rings (SSSR count). The number of para-hydroxylation sites is 2. The summed E-state index contributed by atoms with van der Waals surface area (Å²) in [4.78, 5) is 29.6. The van der Waals surface area contributed by atoms with Gasteiger partial charge in [0.25, 0.3) is 5.91 Å². The first-order valence-electron chi connectivity index (χ1n) is 14.7. The predicted octanol–water partition coefficient (Wildman–Crippen LogP) is 5.22. The summed E-state index contributed by atoms with van der Waals surface area (Å²) in [7, 11) is 0. The van der Waals surface area contributed by atoms with E-state index in [0.29, 0.717) is 48.5 Å².